The lowest BCUT2D eigenvalue weighted by Crippen LogP contribution is -2.54. The van der Waals surface area contributed by atoms with Gasteiger partial charge in [-0.15, -0.1) is 11.8 Å². The summed E-state index contributed by atoms with van der Waals surface area (Å²) >= 11 is 1.58. The molecule has 2 fully saturated rings. The quantitative estimate of drug-likeness (QED) is 0.830. The zero-order chi connectivity index (χ0) is 16.3. The Bertz CT molecular complexity index is 548. The molecule has 0 spiro atoms. The number of rotatable bonds is 4. The van der Waals surface area contributed by atoms with Gasteiger partial charge in [-0.05, 0) is 43.5 Å². The van der Waals surface area contributed by atoms with Crippen LogP contribution in [0.25, 0.3) is 0 Å². The molecular formula is C18H25NO3S. The third-order valence-electron chi connectivity index (χ3n) is 5.18. The van der Waals surface area contributed by atoms with Crippen molar-refractivity contribution in [3.8, 4) is 0 Å². The molecule has 5 heteroatoms. The van der Waals surface area contributed by atoms with Crippen molar-refractivity contribution in [2.45, 2.75) is 42.6 Å². The molecule has 1 heterocycles. The van der Waals surface area contributed by atoms with Gasteiger partial charge in [0.05, 0.1) is 12.2 Å². The van der Waals surface area contributed by atoms with Crippen LogP contribution in [0.4, 0.5) is 0 Å². The first-order valence-corrected chi connectivity index (χ1v) is 9.46. The largest absolute Gasteiger partial charge is 0.396 e. The molecule has 0 radical (unpaired) electrons. The number of nitrogens with zero attached hydrogens (tertiary/aromatic N) is 1. The number of thioether (sulfide) groups is 1. The molecule has 2 atom stereocenters. The average Bonchev–Trinajstić information content (AvgIpc) is 2.59. The number of hydrogen-bond donors (Lipinski definition) is 2. The van der Waals surface area contributed by atoms with E-state index in [2.05, 4.69) is 0 Å². The maximum atomic E-state index is 12.7. The van der Waals surface area contributed by atoms with Gasteiger partial charge in [0, 0.05) is 35.2 Å². The van der Waals surface area contributed by atoms with Crippen LogP contribution in [0, 0.1) is 5.92 Å². The van der Waals surface area contributed by atoms with E-state index in [9.17, 15) is 9.90 Å². The van der Waals surface area contributed by atoms with Crippen LogP contribution in [0.5, 0.6) is 0 Å². The predicted octanol–water partition coefficient (Wildman–Crippen LogP) is 2.54. The minimum Gasteiger partial charge on any atom is -0.396 e. The molecule has 23 heavy (non-hydrogen) atoms. The number of carbonyl (C=O) groups is 1. The van der Waals surface area contributed by atoms with Gasteiger partial charge in [0.15, 0.2) is 0 Å². The smallest absolute Gasteiger partial charge is 0.253 e. The lowest BCUT2D eigenvalue weighted by atomic mass is 9.71. The lowest BCUT2D eigenvalue weighted by molar-refractivity contribution is -0.0886. The molecule has 1 aliphatic heterocycles. The van der Waals surface area contributed by atoms with Crippen LogP contribution in [-0.2, 0) is 0 Å². The van der Waals surface area contributed by atoms with Crippen LogP contribution in [0.2, 0.25) is 0 Å². The average molecular weight is 335 g/mol. The summed E-state index contributed by atoms with van der Waals surface area (Å²) in [6.45, 7) is 1.48. The highest BCUT2D eigenvalue weighted by Crippen LogP contribution is 2.40. The van der Waals surface area contributed by atoms with Crippen LogP contribution < -0.4 is 0 Å². The van der Waals surface area contributed by atoms with Gasteiger partial charge >= 0.3 is 0 Å². The fraction of sp³-hybridized carbons (Fsp3) is 0.611. The number of hydrogen-bond acceptors (Lipinski definition) is 4. The zero-order valence-corrected chi connectivity index (χ0v) is 14.2. The van der Waals surface area contributed by atoms with Crippen molar-refractivity contribution in [3.05, 3.63) is 29.8 Å². The first-order valence-electron chi connectivity index (χ1n) is 8.48. The van der Waals surface area contributed by atoms with Gasteiger partial charge in [-0.25, -0.2) is 0 Å². The van der Waals surface area contributed by atoms with Crippen LogP contribution in [-0.4, -0.2) is 52.1 Å². The standard InChI is InChI=1S/C18H25NO3S/c20-11-12-23-16-6-4-14(5-7-16)17(21)19-10-9-18(22)8-2-1-3-15(18)13-19/h4-7,15,20,22H,1-3,8-13H2/t15-,18-/m0/s1. The van der Waals surface area contributed by atoms with E-state index < -0.39 is 5.60 Å². The molecule has 1 aromatic carbocycles. The van der Waals surface area contributed by atoms with Crippen LogP contribution in [0.3, 0.4) is 0 Å². The van der Waals surface area contributed by atoms with Gasteiger partial charge < -0.3 is 15.1 Å². The summed E-state index contributed by atoms with van der Waals surface area (Å²) in [5.41, 5.74) is 0.166. The Labute approximate surface area is 141 Å². The number of amides is 1. The second kappa shape index (κ2) is 7.24. The molecule has 1 saturated carbocycles. The van der Waals surface area contributed by atoms with Crippen molar-refractivity contribution in [2.24, 2.45) is 5.92 Å². The van der Waals surface area contributed by atoms with Crippen molar-refractivity contribution in [1.29, 1.82) is 0 Å². The van der Waals surface area contributed by atoms with Gasteiger partial charge in [-0.1, -0.05) is 12.8 Å². The zero-order valence-electron chi connectivity index (χ0n) is 13.4. The van der Waals surface area contributed by atoms with E-state index in [0.29, 0.717) is 30.8 Å². The van der Waals surface area contributed by atoms with E-state index in [-0.39, 0.29) is 18.4 Å². The fourth-order valence-electron chi connectivity index (χ4n) is 3.80. The minimum absolute atomic E-state index is 0.0660. The number of fused-ring (bicyclic) bond motifs is 1. The third kappa shape index (κ3) is 3.73. The van der Waals surface area contributed by atoms with Crippen molar-refractivity contribution in [3.63, 3.8) is 0 Å². The first kappa shape index (κ1) is 16.8. The fourth-order valence-corrected chi connectivity index (χ4v) is 4.45. The second-order valence-electron chi connectivity index (χ2n) is 6.64. The Morgan fingerprint density at radius 3 is 2.78 bits per heavy atom. The Hall–Kier alpha value is -1.04. The van der Waals surface area contributed by atoms with Crippen molar-refractivity contribution in [1.82, 2.24) is 4.90 Å². The maximum Gasteiger partial charge on any atom is 0.253 e. The molecule has 1 amide bonds. The Morgan fingerprint density at radius 2 is 2.04 bits per heavy atom. The number of carbonyl (C=O) groups excluding carboxylic acids is 1. The Kier molecular flexibility index (Phi) is 5.29. The van der Waals surface area contributed by atoms with Crippen molar-refractivity contribution in [2.75, 3.05) is 25.4 Å². The van der Waals surface area contributed by atoms with E-state index in [1.807, 2.05) is 29.2 Å². The topological polar surface area (TPSA) is 60.8 Å². The Balaban J connectivity index is 1.64. The highest BCUT2D eigenvalue weighted by atomic mass is 32.2. The number of aliphatic hydroxyl groups is 2. The Morgan fingerprint density at radius 1 is 1.26 bits per heavy atom. The third-order valence-corrected chi connectivity index (χ3v) is 6.17. The maximum absolute atomic E-state index is 12.7. The van der Waals surface area contributed by atoms with Gasteiger partial charge in [-0.2, -0.15) is 0 Å². The summed E-state index contributed by atoms with van der Waals surface area (Å²) in [7, 11) is 0. The van der Waals surface area contributed by atoms with Crippen LogP contribution in [0.1, 0.15) is 42.5 Å². The molecule has 2 aliphatic rings. The summed E-state index contributed by atoms with van der Waals surface area (Å²) in [6, 6.07) is 7.61. The summed E-state index contributed by atoms with van der Waals surface area (Å²) in [5, 5.41) is 19.6. The van der Waals surface area contributed by atoms with E-state index in [1.165, 1.54) is 0 Å². The van der Waals surface area contributed by atoms with Gasteiger partial charge in [0.2, 0.25) is 0 Å². The van der Waals surface area contributed by atoms with Gasteiger partial charge in [-0.3, -0.25) is 4.79 Å². The number of piperidine rings is 1. The summed E-state index contributed by atoms with van der Waals surface area (Å²) in [5.74, 6) is 0.962. The summed E-state index contributed by atoms with van der Waals surface area (Å²) < 4.78 is 0. The van der Waals surface area contributed by atoms with E-state index in [1.54, 1.807) is 11.8 Å². The molecule has 0 aromatic heterocycles. The van der Waals surface area contributed by atoms with E-state index in [4.69, 9.17) is 5.11 Å². The summed E-state index contributed by atoms with van der Waals surface area (Å²) in [6.07, 6.45) is 4.88. The normalized spacial score (nSPS) is 27.6. The number of benzene rings is 1. The first-order chi connectivity index (χ1) is 11.1. The monoisotopic (exact) mass is 335 g/mol. The predicted molar refractivity (Wildman–Crippen MR) is 91.7 cm³/mol. The second-order valence-corrected chi connectivity index (χ2v) is 7.81. The molecule has 1 saturated heterocycles. The van der Waals surface area contributed by atoms with Crippen molar-refractivity contribution < 1.29 is 15.0 Å². The molecular weight excluding hydrogens is 310 g/mol. The highest BCUT2D eigenvalue weighted by molar-refractivity contribution is 7.99. The molecule has 4 nitrogen and oxygen atoms in total. The highest BCUT2D eigenvalue weighted by Gasteiger charge is 2.43. The summed E-state index contributed by atoms with van der Waals surface area (Å²) in [4.78, 5) is 15.7. The van der Waals surface area contributed by atoms with E-state index in [0.717, 1.165) is 30.6 Å². The molecule has 1 aromatic rings. The minimum atomic E-state index is -0.542. The van der Waals surface area contributed by atoms with Gasteiger partial charge in [0.1, 0.15) is 0 Å². The molecule has 0 bridgehead atoms. The van der Waals surface area contributed by atoms with Crippen molar-refractivity contribution >= 4 is 17.7 Å². The SMILES string of the molecule is O=C(c1ccc(SCCO)cc1)N1CC[C@@]2(O)CCCC[C@H]2C1. The molecule has 3 rings (SSSR count). The molecule has 1 aliphatic carbocycles. The van der Waals surface area contributed by atoms with Crippen LogP contribution in [0.15, 0.2) is 29.2 Å². The van der Waals surface area contributed by atoms with Gasteiger partial charge in [0.25, 0.3) is 5.91 Å². The number of likely N-dealkylation sites (tertiary alicyclic amines) is 1. The van der Waals surface area contributed by atoms with Crippen LogP contribution >= 0.6 is 11.8 Å². The lowest BCUT2D eigenvalue weighted by Gasteiger charge is -2.47. The number of aliphatic hydroxyl groups excluding tert-OH is 1. The molecule has 126 valence electrons. The molecule has 2 N–H and O–H groups in total. The van der Waals surface area contributed by atoms with E-state index >= 15 is 0 Å². The molecule has 0 unspecified atom stereocenters.